The number of nitrogens with one attached hydrogen (secondary N) is 1. The minimum atomic E-state index is 0.396. The van der Waals surface area contributed by atoms with Gasteiger partial charge in [0.25, 0.3) is 0 Å². The number of aldehydes is 2. The van der Waals surface area contributed by atoms with E-state index >= 15 is 0 Å². The Bertz CT molecular complexity index is 707. The topological polar surface area (TPSA) is 49.9 Å². The van der Waals surface area contributed by atoms with Gasteiger partial charge in [0.15, 0.2) is 0 Å². The molecule has 0 spiro atoms. The lowest BCUT2D eigenvalue weighted by Crippen LogP contribution is -1.88. The number of benzene rings is 2. The van der Waals surface area contributed by atoms with Crippen LogP contribution in [0.25, 0.3) is 21.8 Å². The second kappa shape index (κ2) is 4.69. The molecule has 0 saturated heterocycles. The van der Waals surface area contributed by atoms with E-state index in [1.807, 2.05) is 36.4 Å². The Morgan fingerprint density at radius 1 is 0.789 bits per heavy atom. The Hall–Kier alpha value is -2.42. The average molecular weight is 251 g/mol. The molecule has 3 heteroatoms. The van der Waals surface area contributed by atoms with E-state index in [0.717, 1.165) is 45.5 Å². The van der Waals surface area contributed by atoms with Gasteiger partial charge in [-0.05, 0) is 11.1 Å². The summed E-state index contributed by atoms with van der Waals surface area (Å²) in [6, 6.07) is 11.9. The zero-order valence-corrected chi connectivity index (χ0v) is 10.3. The van der Waals surface area contributed by atoms with Gasteiger partial charge in [0.05, 0.1) is 11.0 Å². The summed E-state index contributed by atoms with van der Waals surface area (Å²) in [5, 5.41) is 2.20. The summed E-state index contributed by atoms with van der Waals surface area (Å²) in [6.07, 6.45) is 2.61. The maximum atomic E-state index is 10.7. The van der Waals surface area contributed by atoms with Gasteiger partial charge < -0.3 is 14.6 Å². The van der Waals surface area contributed by atoms with Crippen molar-refractivity contribution >= 4 is 34.4 Å². The van der Waals surface area contributed by atoms with Gasteiger partial charge in [0, 0.05) is 23.6 Å². The van der Waals surface area contributed by atoms with Gasteiger partial charge in [-0.2, -0.15) is 0 Å². The van der Waals surface area contributed by atoms with Crippen molar-refractivity contribution in [1.29, 1.82) is 0 Å². The largest absolute Gasteiger partial charge is 0.354 e. The first-order valence-corrected chi connectivity index (χ1v) is 6.23. The third kappa shape index (κ3) is 1.83. The SMILES string of the molecule is O=CCc1cccc2c1[nH]c1c(CC=O)cccc12. The lowest BCUT2D eigenvalue weighted by atomic mass is 10.1. The van der Waals surface area contributed by atoms with Crippen molar-refractivity contribution in [2.75, 3.05) is 0 Å². The van der Waals surface area contributed by atoms with Crippen LogP contribution < -0.4 is 0 Å². The van der Waals surface area contributed by atoms with Crippen molar-refractivity contribution < 1.29 is 9.59 Å². The number of aromatic amines is 1. The molecule has 0 aliphatic carbocycles. The molecule has 1 aromatic heterocycles. The molecule has 1 N–H and O–H groups in total. The van der Waals surface area contributed by atoms with Crippen molar-refractivity contribution in [2.24, 2.45) is 0 Å². The van der Waals surface area contributed by atoms with Crippen molar-refractivity contribution in [3.8, 4) is 0 Å². The standard InChI is InChI=1S/C16H13NO2/c18-9-7-11-3-1-5-13-14-6-2-4-12(8-10-19)16(14)17-15(11)13/h1-6,9-10,17H,7-8H2. The number of hydrogen-bond donors (Lipinski definition) is 1. The summed E-state index contributed by atoms with van der Waals surface area (Å²) in [5.74, 6) is 0. The molecule has 19 heavy (non-hydrogen) atoms. The van der Waals surface area contributed by atoms with Crippen LogP contribution in [0.2, 0.25) is 0 Å². The molecule has 0 fully saturated rings. The highest BCUT2D eigenvalue weighted by molar-refractivity contribution is 6.09. The lowest BCUT2D eigenvalue weighted by Gasteiger charge is -1.97. The molecule has 0 radical (unpaired) electrons. The van der Waals surface area contributed by atoms with Crippen LogP contribution in [0.3, 0.4) is 0 Å². The van der Waals surface area contributed by atoms with Gasteiger partial charge in [0.1, 0.15) is 12.6 Å². The van der Waals surface area contributed by atoms with Crippen molar-refractivity contribution in [2.45, 2.75) is 12.8 Å². The minimum Gasteiger partial charge on any atom is -0.354 e. The highest BCUT2D eigenvalue weighted by Gasteiger charge is 2.10. The van der Waals surface area contributed by atoms with Crippen LogP contribution in [0.1, 0.15) is 11.1 Å². The van der Waals surface area contributed by atoms with E-state index in [2.05, 4.69) is 4.98 Å². The van der Waals surface area contributed by atoms with Crippen LogP contribution in [-0.2, 0) is 22.4 Å². The summed E-state index contributed by atoms with van der Waals surface area (Å²) in [7, 11) is 0. The maximum Gasteiger partial charge on any atom is 0.124 e. The average Bonchev–Trinajstić information content (AvgIpc) is 2.81. The number of carbonyl (C=O) groups is 2. The van der Waals surface area contributed by atoms with Crippen molar-refractivity contribution in [1.82, 2.24) is 4.98 Å². The second-order valence-electron chi connectivity index (χ2n) is 4.55. The summed E-state index contributed by atoms with van der Waals surface area (Å²) < 4.78 is 0. The number of hydrogen-bond acceptors (Lipinski definition) is 2. The van der Waals surface area contributed by atoms with Crippen LogP contribution in [0, 0.1) is 0 Å². The van der Waals surface area contributed by atoms with Gasteiger partial charge in [-0.3, -0.25) is 0 Å². The van der Waals surface area contributed by atoms with Crippen molar-refractivity contribution in [3.05, 3.63) is 47.5 Å². The number of H-pyrrole nitrogens is 1. The van der Waals surface area contributed by atoms with Crippen LogP contribution in [-0.4, -0.2) is 17.6 Å². The first kappa shape index (κ1) is 11.7. The van der Waals surface area contributed by atoms with Crippen molar-refractivity contribution in [3.63, 3.8) is 0 Å². The first-order chi connectivity index (χ1) is 9.35. The van der Waals surface area contributed by atoms with Crippen LogP contribution in [0.4, 0.5) is 0 Å². The summed E-state index contributed by atoms with van der Waals surface area (Å²) >= 11 is 0. The molecule has 0 bridgehead atoms. The molecule has 3 nitrogen and oxygen atoms in total. The normalized spacial score (nSPS) is 10.9. The summed E-state index contributed by atoms with van der Waals surface area (Å²) in [5.41, 5.74) is 3.95. The minimum absolute atomic E-state index is 0.396. The third-order valence-corrected chi connectivity index (χ3v) is 3.45. The van der Waals surface area contributed by atoms with E-state index in [0.29, 0.717) is 12.8 Å². The lowest BCUT2D eigenvalue weighted by molar-refractivity contribution is -0.108. The van der Waals surface area contributed by atoms with Crippen LogP contribution in [0.5, 0.6) is 0 Å². The maximum absolute atomic E-state index is 10.7. The Kier molecular flexibility index (Phi) is 2.88. The second-order valence-corrected chi connectivity index (χ2v) is 4.55. The molecule has 94 valence electrons. The molecular formula is C16H13NO2. The Labute approximate surface area is 110 Å². The third-order valence-electron chi connectivity index (χ3n) is 3.45. The molecule has 0 aliphatic rings. The molecule has 0 saturated carbocycles. The molecule has 0 unspecified atom stereocenters. The van der Waals surface area contributed by atoms with Crippen LogP contribution >= 0.6 is 0 Å². The van der Waals surface area contributed by atoms with E-state index < -0.39 is 0 Å². The van der Waals surface area contributed by atoms with Crippen LogP contribution in [0.15, 0.2) is 36.4 Å². The summed E-state index contributed by atoms with van der Waals surface area (Å²) in [6.45, 7) is 0. The fraction of sp³-hybridized carbons (Fsp3) is 0.125. The van der Waals surface area contributed by atoms with E-state index in [9.17, 15) is 9.59 Å². The first-order valence-electron chi connectivity index (χ1n) is 6.23. The van der Waals surface area contributed by atoms with Gasteiger partial charge >= 0.3 is 0 Å². The molecule has 1 heterocycles. The molecule has 2 aromatic carbocycles. The Morgan fingerprint density at radius 3 is 1.68 bits per heavy atom. The zero-order chi connectivity index (χ0) is 13.2. The molecule has 0 aliphatic heterocycles. The van der Waals surface area contributed by atoms with E-state index in [4.69, 9.17) is 0 Å². The van der Waals surface area contributed by atoms with E-state index in [1.165, 1.54) is 0 Å². The fourth-order valence-corrected chi connectivity index (χ4v) is 2.59. The Balaban J connectivity index is 2.37. The van der Waals surface area contributed by atoms with Gasteiger partial charge in [-0.25, -0.2) is 0 Å². The molecule has 0 amide bonds. The number of rotatable bonds is 4. The molecule has 3 aromatic rings. The number of para-hydroxylation sites is 2. The number of aromatic nitrogens is 1. The zero-order valence-electron chi connectivity index (χ0n) is 10.3. The highest BCUT2D eigenvalue weighted by Crippen LogP contribution is 2.29. The summed E-state index contributed by atoms with van der Waals surface area (Å²) in [4.78, 5) is 24.9. The molecule has 3 rings (SSSR count). The predicted octanol–water partition coefficient (Wildman–Crippen LogP) is 2.80. The number of carbonyl (C=O) groups excluding carboxylic acids is 2. The van der Waals surface area contributed by atoms with Gasteiger partial charge in [-0.15, -0.1) is 0 Å². The van der Waals surface area contributed by atoms with E-state index in [-0.39, 0.29) is 0 Å². The monoisotopic (exact) mass is 251 g/mol. The quantitative estimate of drug-likeness (QED) is 0.725. The Morgan fingerprint density at radius 2 is 1.26 bits per heavy atom. The molecular weight excluding hydrogens is 238 g/mol. The van der Waals surface area contributed by atoms with Gasteiger partial charge in [0.2, 0.25) is 0 Å². The highest BCUT2D eigenvalue weighted by atomic mass is 16.1. The molecule has 0 atom stereocenters. The van der Waals surface area contributed by atoms with E-state index in [1.54, 1.807) is 0 Å². The fourth-order valence-electron chi connectivity index (χ4n) is 2.59. The number of fused-ring (bicyclic) bond motifs is 3. The predicted molar refractivity (Wildman–Crippen MR) is 75.3 cm³/mol. The van der Waals surface area contributed by atoms with Gasteiger partial charge in [-0.1, -0.05) is 36.4 Å². The smallest absolute Gasteiger partial charge is 0.124 e.